The molecule has 1 aliphatic heterocycles. The minimum absolute atomic E-state index is 0.0847. The number of carbonyl (C=O) groups is 1. The van der Waals surface area contributed by atoms with Crippen LogP contribution in [0.1, 0.15) is 6.92 Å². The van der Waals surface area contributed by atoms with Crippen LogP contribution in [0.2, 0.25) is 0 Å². The number of hydrogen-bond donors (Lipinski definition) is 2. The van der Waals surface area contributed by atoms with E-state index in [1.165, 1.54) is 4.31 Å². The van der Waals surface area contributed by atoms with Crippen LogP contribution >= 0.6 is 0 Å². The molecule has 3 rings (SSSR count). The summed E-state index contributed by atoms with van der Waals surface area (Å²) >= 11 is 0. The molecule has 1 aliphatic rings. The van der Waals surface area contributed by atoms with Crippen LogP contribution in [0.4, 0.5) is 5.69 Å². The van der Waals surface area contributed by atoms with Gasteiger partial charge in [0.25, 0.3) is 5.91 Å². The number of hydrogen-bond acceptors (Lipinski definition) is 4. The van der Waals surface area contributed by atoms with Gasteiger partial charge < -0.3 is 15.0 Å². The highest BCUT2D eigenvalue weighted by Gasteiger charge is 2.30. The van der Waals surface area contributed by atoms with Crippen molar-refractivity contribution in [3.05, 3.63) is 54.6 Å². The lowest BCUT2D eigenvalue weighted by molar-refractivity contribution is -0.895. The minimum atomic E-state index is -3.46. The zero-order chi connectivity index (χ0) is 20.0. The number of anilines is 1. The fraction of sp³-hybridized carbons (Fsp3) is 0.350. The van der Waals surface area contributed by atoms with Gasteiger partial charge >= 0.3 is 0 Å². The Morgan fingerprint density at radius 1 is 1.07 bits per heavy atom. The van der Waals surface area contributed by atoms with Crippen LogP contribution in [0, 0.1) is 0 Å². The molecule has 0 spiro atoms. The normalized spacial score (nSPS) is 15.9. The molecule has 0 saturated carbocycles. The molecule has 0 bridgehead atoms. The van der Waals surface area contributed by atoms with Crippen molar-refractivity contribution in [2.75, 3.05) is 44.6 Å². The van der Waals surface area contributed by atoms with E-state index in [9.17, 15) is 13.2 Å². The molecule has 2 N–H and O–H groups in total. The van der Waals surface area contributed by atoms with Crippen LogP contribution in [0.25, 0.3) is 0 Å². The van der Waals surface area contributed by atoms with Crippen molar-refractivity contribution in [2.45, 2.75) is 11.8 Å². The maximum absolute atomic E-state index is 12.7. The Morgan fingerprint density at radius 2 is 1.71 bits per heavy atom. The standard InChI is InChI=1S/C20H25N3O4S/c1-2-27-18-10-8-17(9-11-18)21-20(24)16-22-12-14-23(15-13-22)28(25,26)19-6-4-3-5-7-19/h3-11H,2,12-16H2,1H3,(H,21,24)/p+1. The number of piperazine rings is 1. The number of ether oxygens (including phenoxy) is 1. The Bertz CT molecular complexity index is 877. The highest BCUT2D eigenvalue weighted by atomic mass is 32.2. The number of amides is 1. The smallest absolute Gasteiger partial charge is 0.279 e. The molecule has 0 unspecified atom stereocenters. The van der Waals surface area contributed by atoms with E-state index in [2.05, 4.69) is 5.32 Å². The fourth-order valence-electron chi connectivity index (χ4n) is 3.19. The van der Waals surface area contributed by atoms with Crippen molar-refractivity contribution in [3.63, 3.8) is 0 Å². The quantitative estimate of drug-likeness (QED) is 0.709. The summed E-state index contributed by atoms with van der Waals surface area (Å²) in [6.45, 7) is 4.84. The maximum Gasteiger partial charge on any atom is 0.279 e. The third-order valence-corrected chi connectivity index (χ3v) is 6.58. The maximum atomic E-state index is 12.7. The topological polar surface area (TPSA) is 80.2 Å². The summed E-state index contributed by atoms with van der Waals surface area (Å²) in [7, 11) is -3.46. The second kappa shape index (κ2) is 9.18. The van der Waals surface area contributed by atoms with Gasteiger partial charge in [-0.1, -0.05) is 18.2 Å². The van der Waals surface area contributed by atoms with Crippen molar-refractivity contribution in [3.8, 4) is 5.75 Å². The van der Waals surface area contributed by atoms with Crippen molar-refractivity contribution in [2.24, 2.45) is 0 Å². The predicted octanol–water partition coefficient (Wildman–Crippen LogP) is 0.613. The highest BCUT2D eigenvalue weighted by Crippen LogP contribution is 2.16. The van der Waals surface area contributed by atoms with Crippen LogP contribution in [-0.2, 0) is 14.8 Å². The molecule has 0 aliphatic carbocycles. The highest BCUT2D eigenvalue weighted by molar-refractivity contribution is 7.89. The van der Waals surface area contributed by atoms with Crippen molar-refractivity contribution in [1.29, 1.82) is 0 Å². The molecule has 2 aromatic carbocycles. The largest absolute Gasteiger partial charge is 0.494 e. The first-order valence-electron chi connectivity index (χ1n) is 9.40. The Labute approximate surface area is 166 Å². The Morgan fingerprint density at radius 3 is 2.32 bits per heavy atom. The summed E-state index contributed by atoms with van der Waals surface area (Å²) in [5.41, 5.74) is 0.721. The molecule has 2 aromatic rings. The summed E-state index contributed by atoms with van der Waals surface area (Å²) in [5.74, 6) is 0.681. The van der Waals surface area contributed by atoms with E-state index in [-0.39, 0.29) is 5.91 Å². The van der Waals surface area contributed by atoms with Crippen molar-refractivity contribution in [1.82, 2.24) is 4.31 Å². The average Bonchev–Trinajstić information content (AvgIpc) is 2.71. The Kier molecular flexibility index (Phi) is 6.66. The van der Waals surface area contributed by atoms with Crippen LogP contribution in [0.5, 0.6) is 5.75 Å². The van der Waals surface area contributed by atoms with Gasteiger partial charge in [-0.05, 0) is 43.3 Å². The number of rotatable bonds is 7. The third-order valence-electron chi connectivity index (χ3n) is 4.67. The molecule has 1 fully saturated rings. The summed E-state index contributed by atoms with van der Waals surface area (Å²) in [6.07, 6.45) is 0. The van der Waals surface area contributed by atoms with Gasteiger partial charge in [0.15, 0.2) is 6.54 Å². The molecule has 1 heterocycles. The lowest BCUT2D eigenvalue weighted by atomic mass is 10.3. The number of carbonyl (C=O) groups excluding carboxylic acids is 1. The SMILES string of the molecule is CCOc1ccc(NC(=O)C[NH+]2CCN(S(=O)(=O)c3ccccc3)CC2)cc1. The monoisotopic (exact) mass is 404 g/mol. The average molecular weight is 405 g/mol. The van der Waals surface area contributed by atoms with E-state index in [1.807, 2.05) is 31.2 Å². The van der Waals surface area contributed by atoms with Gasteiger partial charge in [0.05, 0.1) is 37.7 Å². The summed E-state index contributed by atoms with van der Waals surface area (Å²) < 4.78 is 32.2. The first-order chi connectivity index (χ1) is 13.5. The van der Waals surface area contributed by atoms with E-state index in [0.29, 0.717) is 44.2 Å². The number of nitrogens with zero attached hydrogens (tertiary/aromatic N) is 1. The predicted molar refractivity (Wildman–Crippen MR) is 107 cm³/mol. The molecule has 7 nitrogen and oxygen atoms in total. The molecule has 0 atom stereocenters. The first-order valence-corrected chi connectivity index (χ1v) is 10.8. The van der Waals surface area contributed by atoms with Gasteiger partial charge in [-0.3, -0.25) is 4.79 Å². The molecule has 28 heavy (non-hydrogen) atoms. The van der Waals surface area contributed by atoms with E-state index in [4.69, 9.17) is 4.74 Å². The zero-order valence-electron chi connectivity index (χ0n) is 15.9. The Balaban J connectivity index is 1.49. The molecule has 0 radical (unpaired) electrons. The van der Waals surface area contributed by atoms with Gasteiger partial charge in [-0.25, -0.2) is 8.42 Å². The van der Waals surface area contributed by atoms with Gasteiger partial charge in [0, 0.05) is 5.69 Å². The number of benzene rings is 2. The third kappa shape index (κ3) is 5.09. The molecule has 150 valence electrons. The number of sulfonamides is 1. The van der Waals surface area contributed by atoms with Gasteiger partial charge in [0.1, 0.15) is 5.75 Å². The lowest BCUT2D eigenvalue weighted by Gasteiger charge is -2.31. The Hall–Kier alpha value is -2.42. The zero-order valence-corrected chi connectivity index (χ0v) is 16.7. The van der Waals surface area contributed by atoms with E-state index in [0.717, 1.165) is 16.3 Å². The fourth-order valence-corrected chi connectivity index (χ4v) is 4.66. The van der Waals surface area contributed by atoms with Gasteiger partial charge in [-0.2, -0.15) is 4.31 Å². The van der Waals surface area contributed by atoms with Gasteiger partial charge in [0.2, 0.25) is 10.0 Å². The molecule has 8 heteroatoms. The van der Waals surface area contributed by atoms with Crippen molar-refractivity contribution >= 4 is 21.6 Å². The summed E-state index contributed by atoms with van der Waals surface area (Å²) in [6, 6.07) is 15.7. The molecule has 1 saturated heterocycles. The van der Waals surface area contributed by atoms with E-state index >= 15 is 0 Å². The number of quaternary nitrogens is 1. The van der Waals surface area contributed by atoms with Crippen LogP contribution < -0.4 is 15.0 Å². The van der Waals surface area contributed by atoms with Crippen LogP contribution in [0.15, 0.2) is 59.5 Å². The summed E-state index contributed by atoms with van der Waals surface area (Å²) in [4.78, 5) is 13.7. The number of nitrogens with one attached hydrogen (secondary N) is 2. The lowest BCUT2D eigenvalue weighted by Crippen LogP contribution is -3.15. The molecular formula is C20H26N3O4S+. The van der Waals surface area contributed by atoms with E-state index < -0.39 is 10.0 Å². The molecule has 0 aromatic heterocycles. The first kappa shape index (κ1) is 20.3. The summed E-state index contributed by atoms with van der Waals surface area (Å²) in [5, 5.41) is 2.88. The second-order valence-electron chi connectivity index (χ2n) is 6.65. The second-order valence-corrected chi connectivity index (χ2v) is 8.59. The minimum Gasteiger partial charge on any atom is -0.494 e. The van der Waals surface area contributed by atoms with Crippen LogP contribution in [-0.4, -0.2) is 58.0 Å². The van der Waals surface area contributed by atoms with E-state index in [1.54, 1.807) is 30.3 Å². The van der Waals surface area contributed by atoms with Crippen molar-refractivity contribution < 1.29 is 22.8 Å². The van der Waals surface area contributed by atoms with Crippen LogP contribution in [0.3, 0.4) is 0 Å². The molecule has 1 amide bonds. The van der Waals surface area contributed by atoms with Gasteiger partial charge in [-0.15, -0.1) is 0 Å². The molecular weight excluding hydrogens is 378 g/mol.